The van der Waals surface area contributed by atoms with Gasteiger partial charge in [0.2, 0.25) is 0 Å². The lowest BCUT2D eigenvalue weighted by molar-refractivity contribution is 0.0600. The van der Waals surface area contributed by atoms with Crippen molar-refractivity contribution in [2.75, 3.05) is 21.3 Å². The van der Waals surface area contributed by atoms with Gasteiger partial charge in [-0.25, -0.2) is 4.79 Å². The molecule has 0 unspecified atom stereocenters. The van der Waals surface area contributed by atoms with Crippen LogP contribution >= 0.6 is 11.3 Å². The second-order valence-electron chi connectivity index (χ2n) is 5.81. The first-order valence-corrected chi connectivity index (χ1v) is 9.31. The summed E-state index contributed by atoms with van der Waals surface area (Å²) in [6.45, 7) is 0.221. The molecule has 0 aliphatic carbocycles. The lowest BCUT2D eigenvalue weighted by atomic mass is 10.2. The van der Waals surface area contributed by atoms with E-state index in [0.717, 1.165) is 10.2 Å². The van der Waals surface area contributed by atoms with Crippen LogP contribution in [0, 0.1) is 12.3 Å². The van der Waals surface area contributed by atoms with Crippen LogP contribution in [0.1, 0.15) is 20.7 Å². The molecule has 0 aliphatic rings. The molecule has 1 heterocycles. The minimum absolute atomic E-state index is 0.221. The van der Waals surface area contributed by atoms with Crippen molar-refractivity contribution >= 4 is 33.4 Å². The number of terminal acetylenes is 1. The number of fused-ring (bicyclic) bond motifs is 1. The largest absolute Gasteiger partial charge is 0.493 e. The van der Waals surface area contributed by atoms with Crippen molar-refractivity contribution in [1.29, 1.82) is 0 Å². The molecular formula is C21H18N2O5S. The summed E-state index contributed by atoms with van der Waals surface area (Å²) in [5.41, 5.74) is 1.44. The molecule has 0 radical (unpaired) electrons. The second-order valence-corrected chi connectivity index (χ2v) is 6.82. The number of carbonyl (C=O) groups excluding carboxylic acids is 2. The predicted octanol–water partition coefficient (Wildman–Crippen LogP) is 2.88. The van der Waals surface area contributed by atoms with E-state index in [1.807, 2.05) is 0 Å². The van der Waals surface area contributed by atoms with Crippen molar-refractivity contribution in [2.45, 2.75) is 6.54 Å². The number of carbonyl (C=O) groups is 2. The Labute approximate surface area is 171 Å². The summed E-state index contributed by atoms with van der Waals surface area (Å²) in [6, 6.07) is 10.1. The molecule has 29 heavy (non-hydrogen) atoms. The molecule has 7 nitrogen and oxygen atoms in total. The summed E-state index contributed by atoms with van der Waals surface area (Å²) < 4.78 is 17.8. The molecule has 0 spiro atoms. The molecule has 148 valence electrons. The number of aromatic nitrogens is 1. The van der Waals surface area contributed by atoms with Gasteiger partial charge < -0.3 is 18.8 Å². The van der Waals surface area contributed by atoms with Gasteiger partial charge in [0.15, 0.2) is 16.3 Å². The molecule has 1 aromatic heterocycles. The number of thiazole rings is 1. The van der Waals surface area contributed by atoms with Gasteiger partial charge in [-0.1, -0.05) is 23.3 Å². The molecule has 0 aliphatic heterocycles. The SMILES string of the molecule is C#CCn1c(=NC(=O)c2cccc(OC)c2OC)sc2cc(C(=O)OC)ccc21. The molecule has 0 atom stereocenters. The summed E-state index contributed by atoms with van der Waals surface area (Å²) in [6.07, 6.45) is 5.50. The number of esters is 1. The number of benzene rings is 2. The van der Waals surface area contributed by atoms with Gasteiger partial charge in [0.05, 0.1) is 49.2 Å². The Morgan fingerprint density at radius 2 is 1.97 bits per heavy atom. The van der Waals surface area contributed by atoms with E-state index in [1.54, 1.807) is 41.0 Å². The number of ether oxygens (including phenoxy) is 3. The van der Waals surface area contributed by atoms with Crippen molar-refractivity contribution in [2.24, 2.45) is 4.99 Å². The zero-order chi connectivity index (χ0) is 21.0. The highest BCUT2D eigenvalue weighted by molar-refractivity contribution is 7.16. The van der Waals surface area contributed by atoms with Crippen LogP contribution in [0.2, 0.25) is 0 Å². The van der Waals surface area contributed by atoms with Crippen molar-refractivity contribution < 1.29 is 23.8 Å². The Kier molecular flexibility index (Phi) is 6.00. The predicted molar refractivity (Wildman–Crippen MR) is 109 cm³/mol. The van der Waals surface area contributed by atoms with Gasteiger partial charge in [0.25, 0.3) is 5.91 Å². The molecule has 3 rings (SSSR count). The minimum atomic E-state index is -0.494. The summed E-state index contributed by atoms with van der Waals surface area (Å²) in [4.78, 5) is 29.4. The van der Waals surface area contributed by atoms with Gasteiger partial charge in [-0.3, -0.25) is 4.79 Å². The lowest BCUT2D eigenvalue weighted by Crippen LogP contribution is -2.16. The summed E-state index contributed by atoms with van der Waals surface area (Å²) in [7, 11) is 4.27. The molecule has 0 fully saturated rings. The second kappa shape index (κ2) is 8.63. The van der Waals surface area contributed by atoms with E-state index in [9.17, 15) is 9.59 Å². The number of nitrogens with zero attached hydrogens (tertiary/aromatic N) is 2. The van der Waals surface area contributed by atoms with Crippen LogP contribution < -0.4 is 14.3 Å². The van der Waals surface area contributed by atoms with Gasteiger partial charge >= 0.3 is 5.97 Å². The monoisotopic (exact) mass is 410 g/mol. The highest BCUT2D eigenvalue weighted by atomic mass is 32.1. The number of para-hydroxylation sites is 1. The number of hydrogen-bond donors (Lipinski definition) is 0. The maximum absolute atomic E-state index is 12.9. The van der Waals surface area contributed by atoms with Gasteiger partial charge in [0.1, 0.15) is 0 Å². The number of hydrogen-bond acceptors (Lipinski definition) is 6. The van der Waals surface area contributed by atoms with Gasteiger partial charge in [-0.05, 0) is 30.3 Å². The molecule has 8 heteroatoms. The van der Waals surface area contributed by atoms with Gasteiger partial charge in [-0.2, -0.15) is 4.99 Å². The van der Waals surface area contributed by atoms with Crippen LogP contribution in [0.3, 0.4) is 0 Å². The number of rotatable bonds is 5. The third-order valence-corrected chi connectivity index (χ3v) is 5.22. The molecule has 0 saturated heterocycles. The van der Waals surface area contributed by atoms with E-state index in [2.05, 4.69) is 10.9 Å². The Hall–Kier alpha value is -3.57. The number of amides is 1. The average molecular weight is 410 g/mol. The molecule has 2 aromatic carbocycles. The summed E-state index contributed by atoms with van der Waals surface area (Å²) >= 11 is 1.25. The zero-order valence-electron chi connectivity index (χ0n) is 16.1. The molecular weight excluding hydrogens is 392 g/mol. The fourth-order valence-electron chi connectivity index (χ4n) is 2.85. The standard InChI is InChI=1S/C21H18N2O5S/c1-5-11-23-15-10-9-13(20(25)28-4)12-17(15)29-21(23)22-19(24)14-7-6-8-16(26-2)18(14)27-3/h1,6-10,12H,11H2,2-4H3. The maximum atomic E-state index is 12.9. The van der Waals surface area contributed by atoms with E-state index in [4.69, 9.17) is 20.6 Å². The molecule has 0 N–H and O–H groups in total. The summed E-state index contributed by atoms with van der Waals surface area (Å²) in [5, 5.41) is 0. The highest BCUT2D eigenvalue weighted by Crippen LogP contribution is 2.31. The highest BCUT2D eigenvalue weighted by Gasteiger charge is 2.17. The first-order valence-electron chi connectivity index (χ1n) is 8.49. The third-order valence-electron chi connectivity index (χ3n) is 4.18. The van der Waals surface area contributed by atoms with Crippen LogP contribution in [-0.2, 0) is 11.3 Å². The van der Waals surface area contributed by atoms with E-state index in [0.29, 0.717) is 21.9 Å². The Balaban J connectivity index is 2.17. The molecule has 0 bridgehead atoms. The van der Waals surface area contributed by atoms with Gasteiger partial charge in [-0.15, -0.1) is 6.42 Å². The van der Waals surface area contributed by atoms with E-state index >= 15 is 0 Å². The van der Waals surface area contributed by atoms with Crippen LogP contribution in [0.15, 0.2) is 41.4 Å². The van der Waals surface area contributed by atoms with Crippen molar-refractivity contribution in [3.8, 4) is 23.8 Å². The third kappa shape index (κ3) is 3.86. The smallest absolute Gasteiger partial charge is 0.337 e. The fraction of sp³-hybridized carbons (Fsp3) is 0.190. The quantitative estimate of drug-likeness (QED) is 0.477. The Morgan fingerprint density at radius 1 is 1.17 bits per heavy atom. The Morgan fingerprint density at radius 3 is 2.62 bits per heavy atom. The number of methoxy groups -OCH3 is 3. The van der Waals surface area contributed by atoms with E-state index in [-0.39, 0.29) is 12.1 Å². The first kappa shape index (κ1) is 20.2. The van der Waals surface area contributed by atoms with Crippen molar-refractivity contribution in [3.05, 3.63) is 52.3 Å². The normalized spacial score (nSPS) is 11.2. The molecule has 3 aromatic rings. The summed E-state index contributed by atoms with van der Waals surface area (Å²) in [5.74, 6) is 2.37. The van der Waals surface area contributed by atoms with E-state index < -0.39 is 11.9 Å². The van der Waals surface area contributed by atoms with Crippen LogP contribution in [-0.4, -0.2) is 37.8 Å². The van der Waals surface area contributed by atoms with E-state index in [1.165, 1.54) is 32.7 Å². The Bertz CT molecular complexity index is 1200. The minimum Gasteiger partial charge on any atom is -0.493 e. The fourth-order valence-corrected chi connectivity index (χ4v) is 3.92. The lowest BCUT2D eigenvalue weighted by Gasteiger charge is -2.09. The molecule has 0 saturated carbocycles. The van der Waals surface area contributed by atoms with Crippen LogP contribution in [0.25, 0.3) is 10.2 Å². The van der Waals surface area contributed by atoms with Crippen LogP contribution in [0.4, 0.5) is 0 Å². The molecule has 1 amide bonds. The topological polar surface area (TPSA) is 79.1 Å². The maximum Gasteiger partial charge on any atom is 0.337 e. The van der Waals surface area contributed by atoms with Crippen molar-refractivity contribution in [1.82, 2.24) is 4.57 Å². The van der Waals surface area contributed by atoms with Gasteiger partial charge in [0, 0.05) is 0 Å². The van der Waals surface area contributed by atoms with Crippen molar-refractivity contribution in [3.63, 3.8) is 0 Å². The average Bonchev–Trinajstić information content (AvgIpc) is 3.08. The first-order chi connectivity index (χ1) is 14.0. The zero-order valence-corrected chi connectivity index (χ0v) is 16.9. The van der Waals surface area contributed by atoms with Crippen LogP contribution in [0.5, 0.6) is 11.5 Å².